The summed E-state index contributed by atoms with van der Waals surface area (Å²) >= 11 is 6.18. The van der Waals surface area contributed by atoms with Gasteiger partial charge in [-0.25, -0.2) is 0 Å². The van der Waals surface area contributed by atoms with Crippen molar-refractivity contribution in [1.82, 2.24) is 15.2 Å². The first-order valence-corrected chi connectivity index (χ1v) is 9.91. The molecule has 1 aromatic heterocycles. The molecule has 1 saturated heterocycles. The molecule has 0 radical (unpaired) electrons. The number of halogens is 1. The quantitative estimate of drug-likeness (QED) is 0.611. The molecule has 0 unspecified atom stereocenters. The molecule has 7 heteroatoms. The molecule has 6 nitrogen and oxygen atoms in total. The third kappa shape index (κ3) is 4.34. The molecule has 0 spiro atoms. The van der Waals surface area contributed by atoms with E-state index in [-0.39, 0.29) is 0 Å². The summed E-state index contributed by atoms with van der Waals surface area (Å²) in [6.45, 7) is 4.23. The summed E-state index contributed by atoms with van der Waals surface area (Å²) in [6, 6.07) is 14.1. The number of piperidine rings is 1. The van der Waals surface area contributed by atoms with Gasteiger partial charge in [0.25, 0.3) is 0 Å². The molecular weight excluding hydrogens is 372 g/mol. The van der Waals surface area contributed by atoms with Crippen molar-refractivity contribution in [3.63, 3.8) is 0 Å². The number of aromatic nitrogens is 3. The van der Waals surface area contributed by atoms with E-state index in [1.54, 1.807) is 6.20 Å². The zero-order chi connectivity index (χ0) is 19.3. The van der Waals surface area contributed by atoms with E-state index < -0.39 is 0 Å². The van der Waals surface area contributed by atoms with Crippen LogP contribution in [-0.4, -0.2) is 28.3 Å². The number of anilines is 5. The lowest BCUT2D eigenvalue weighted by atomic mass is 10.1. The van der Waals surface area contributed by atoms with Crippen LogP contribution in [0.3, 0.4) is 0 Å². The van der Waals surface area contributed by atoms with Crippen molar-refractivity contribution in [3.8, 4) is 0 Å². The summed E-state index contributed by atoms with van der Waals surface area (Å²) in [5, 5.41) is 15.3. The van der Waals surface area contributed by atoms with Gasteiger partial charge in [-0.2, -0.15) is 10.1 Å². The lowest BCUT2D eigenvalue weighted by Gasteiger charge is -2.28. The summed E-state index contributed by atoms with van der Waals surface area (Å²) in [5.74, 6) is 1.04. The highest BCUT2D eigenvalue weighted by Gasteiger charge is 2.11. The molecule has 3 aromatic rings. The van der Waals surface area contributed by atoms with Crippen molar-refractivity contribution in [2.24, 2.45) is 0 Å². The maximum atomic E-state index is 6.18. The van der Waals surface area contributed by atoms with Gasteiger partial charge < -0.3 is 15.5 Å². The van der Waals surface area contributed by atoms with E-state index in [9.17, 15) is 0 Å². The van der Waals surface area contributed by atoms with Crippen LogP contribution >= 0.6 is 11.6 Å². The maximum absolute atomic E-state index is 6.18. The Bertz CT molecular complexity index is 938. The molecule has 28 heavy (non-hydrogen) atoms. The van der Waals surface area contributed by atoms with E-state index in [1.807, 2.05) is 25.1 Å². The molecule has 0 bridgehead atoms. The Balaban J connectivity index is 1.45. The molecule has 0 saturated carbocycles. The van der Waals surface area contributed by atoms with Gasteiger partial charge in [0.15, 0.2) is 5.82 Å². The summed E-state index contributed by atoms with van der Waals surface area (Å²) in [7, 11) is 0. The van der Waals surface area contributed by atoms with E-state index in [1.165, 1.54) is 24.9 Å². The van der Waals surface area contributed by atoms with Crippen LogP contribution < -0.4 is 15.5 Å². The summed E-state index contributed by atoms with van der Waals surface area (Å²) < 4.78 is 0. The van der Waals surface area contributed by atoms with Crippen molar-refractivity contribution in [3.05, 3.63) is 59.2 Å². The predicted molar refractivity (Wildman–Crippen MR) is 115 cm³/mol. The number of nitrogens with zero attached hydrogens (tertiary/aromatic N) is 4. The second-order valence-corrected chi connectivity index (χ2v) is 7.33. The first-order chi connectivity index (χ1) is 13.7. The minimum Gasteiger partial charge on any atom is -0.372 e. The molecule has 0 atom stereocenters. The van der Waals surface area contributed by atoms with Gasteiger partial charge in [0.2, 0.25) is 5.95 Å². The summed E-state index contributed by atoms with van der Waals surface area (Å²) in [4.78, 5) is 6.94. The van der Waals surface area contributed by atoms with Crippen LogP contribution in [0.1, 0.15) is 24.8 Å². The van der Waals surface area contributed by atoms with E-state index in [0.717, 1.165) is 30.0 Å². The second-order valence-electron chi connectivity index (χ2n) is 6.92. The summed E-state index contributed by atoms with van der Waals surface area (Å²) in [5.41, 5.74) is 4.03. The van der Waals surface area contributed by atoms with Crippen LogP contribution in [0, 0.1) is 6.92 Å². The van der Waals surface area contributed by atoms with Gasteiger partial charge in [0.05, 0.1) is 6.20 Å². The standard InChI is InChI=1S/C21H23ClN6/c1-15-18(22)6-5-7-19(15)25-21-26-20(14-23-27-21)24-16-8-10-17(11-9-16)28-12-3-2-4-13-28/h5-11,14H,2-4,12-13H2,1H3,(H2,24,25,26,27). The Morgan fingerprint density at radius 2 is 1.75 bits per heavy atom. The molecule has 2 aromatic carbocycles. The fraction of sp³-hybridized carbons (Fsp3) is 0.286. The molecule has 0 aliphatic carbocycles. The molecule has 2 heterocycles. The minimum atomic E-state index is 0.417. The van der Waals surface area contributed by atoms with Gasteiger partial charge in [-0.1, -0.05) is 17.7 Å². The number of nitrogens with one attached hydrogen (secondary N) is 2. The Hall–Kier alpha value is -2.86. The Morgan fingerprint density at radius 3 is 2.54 bits per heavy atom. The van der Waals surface area contributed by atoms with E-state index in [4.69, 9.17) is 11.6 Å². The van der Waals surface area contributed by atoms with Crippen molar-refractivity contribution in [2.45, 2.75) is 26.2 Å². The first kappa shape index (κ1) is 18.5. The highest BCUT2D eigenvalue weighted by atomic mass is 35.5. The third-order valence-electron chi connectivity index (χ3n) is 4.93. The Labute approximate surface area is 170 Å². The first-order valence-electron chi connectivity index (χ1n) is 9.53. The monoisotopic (exact) mass is 394 g/mol. The average molecular weight is 395 g/mol. The highest BCUT2D eigenvalue weighted by Crippen LogP contribution is 2.26. The van der Waals surface area contributed by atoms with Crippen molar-refractivity contribution in [2.75, 3.05) is 28.6 Å². The van der Waals surface area contributed by atoms with Gasteiger partial charge in [-0.15, -0.1) is 5.10 Å². The fourth-order valence-electron chi connectivity index (χ4n) is 3.34. The van der Waals surface area contributed by atoms with Crippen molar-refractivity contribution >= 4 is 40.4 Å². The van der Waals surface area contributed by atoms with E-state index >= 15 is 0 Å². The highest BCUT2D eigenvalue weighted by molar-refractivity contribution is 6.31. The molecule has 1 fully saturated rings. The van der Waals surface area contributed by atoms with Gasteiger partial charge in [-0.05, 0) is 68.1 Å². The largest absolute Gasteiger partial charge is 0.372 e. The average Bonchev–Trinajstić information content (AvgIpc) is 2.73. The molecule has 144 valence electrons. The van der Waals surface area contributed by atoms with Crippen LogP contribution in [-0.2, 0) is 0 Å². The van der Waals surface area contributed by atoms with Crippen LogP contribution in [0.25, 0.3) is 0 Å². The minimum absolute atomic E-state index is 0.417. The fourth-order valence-corrected chi connectivity index (χ4v) is 3.51. The van der Waals surface area contributed by atoms with Gasteiger partial charge in [0, 0.05) is 35.2 Å². The van der Waals surface area contributed by atoms with Crippen molar-refractivity contribution in [1.29, 1.82) is 0 Å². The number of benzene rings is 2. The molecule has 1 aliphatic heterocycles. The second kappa shape index (κ2) is 8.44. The molecule has 0 amide bonds. The SMILES string of the molecule is Cc1c(Cl)cccc1Nc1nncc(Nc2ccc(N3CCCCC3)cc2)n1. The molecule has 1 aliphatic rings. The van der Waals surface area contributed by atoms with Gasteiger partial charge in [0.1, 0.15) is 0 Å². The smallest absolute Gasteiger partial charge is 0.249 e. The normalized spacial score (nSPS) is 14.0. The summed E-state index contributed by atoms with van der Waals surface area (Å²) in [6.07, 6.45) is 5.49. The lowest BCUT2D eigenvalue weighted by Crippen LogP contribution is -2.29. The number of hydrogen-bond acceptors (Lipinski definition) is 6. The Morgan fingerprint density at radius 1 is 0.964 bits per heavy atom. The molecule has 4 rings (SSSR count). The topological polar surface area (TPSA) is 66.0 Å². The zero-order valence-corrected chi connectivity index (χ0v) is 16.6. The van der Waals surface area contributed by atoms with Crippen molar-refractivity contribution < 1.29 is 0 Å². The third-order valence-corrected chi connectivity index (χ3v) is 5.34. The molecular formula is C21H23ClN6. The lowest BCUT2D eigenvalue weighted by molar-refractivity contribution is 0.578. The van der Waals surface area contributed by atoms with Gasteiger partial charge in [-0.3, -0.25) is 0 Å². The van der Waals surface area contributed by atoms with Crippen LogP contribution in [0.4, 0.5) is 28.8 Å². The van der Waals surface area contributed by atoms with E-state index in [0.29, 0.717) is 16.8 Å². The van der Waals surface area contributed by atoms with Crippen LogP contribution in [0.2, 0.25) is 5.02 Å². The van der Waals surface area contributed by atoms with Crippen LogP contribution in [0.5, 0.6) is 0 Å². The van der Waals surface area contributed by atoms with Gasteiger partial charge >= 0.3 is 0 Å². The maximum Gasteiger partial charge on any atom is 0.249 e. The molecule has 2 N–H and O–H groups in total. The van der Waals surface area contributed by atoms with Crippen LogP contribution in [0.15, 0.2) is 48.7 Å². The predicted octanol–water partition coefficient (Wildman–Crippen LogP) is 5.31. The number of hydrogen-bond donors (Lipinski definition) is 2. The Kier molecular flexibility index (Phi) is 5.58. The zero-order valence-electron chi connectivity index (χ0n) is 15.8. The van der Waals surface area contributed by atoms with E-state index in [2.05, 4.69) is 55.0 Å². The number of rotatable bonds is 5.